The molecule has 0 fully saturated rings. The molecule has 0 amide bonds. The summed E-state index contributed by atoms with van der Waals surface area (Å²) in [6, 6.07) is 9.84. The minimum absolute atomic E-state index is 0.521. The zero-order valence-electron chi connectivity index (χ0n) is 8.97. The number of fused-ring (bicyclic) bond motifs is 1. The van der Waals surface area contributed by atoms with Gasteiger partial charge in [-0.15, -0.1) is 0 Å². The SMILES string of the molecule is NCC=CCOc1cccc2cccnc12. The Labute approximate surface area is 94.6 Å². The van der Waals surface area contributed by atoms with Crippen LogP contribution in [0, 0.1) is 0 Å². The molecule has 0 unspecified atom stereocenters. The molecule has 1 aromatic heterocycles. The van der Waals surface area contributed by atoms with Crippen LogP contribution >= 0.6 is 0 Å². The fourth-order valence-electron chi connectivity index (χ4n) is 1.49. The first-order valence-electron chi connectivity index (χ1n) is 5.23. The lowest BCUT2D eigenvalue weighted by atomic mass is 10.2. The van der Waals surface area contributed by atoms with E-state index in [0.717, 1.165) is 16.7 Å². The molecule has 2 rings (SSSR count). The Morgan fingerprint density at radius 1 is 1.19 bits per heavy atom. The number of para-hydroxylation sites is 1. The van der Waals surface area contributed by atoms with Gasteiger partial charge in [-0.05, 0) is 12.1 Å². The van der Waals surface area contributed by atoms with Crippen molar-refractivity contribution in [2.45, 2.75) is 0 Å². The molecule has 0 radical (unpaired) electrons. The topological polar surface area (TPSA) is 48.1 Å². The van der Waals surface area contributed by atoms with Crippen molar-refractivity contribution in [1.29, 1.82) is 0 Å². The Hall–Kier alpha value is -1.87. The summed E-state index contributed by atoms with van der Waals surface area (Å²) in [5.41, 5.74) is 6.24. The molecule has 0 atom stereocenters. The van der Waals surface area contributed by atoms with Crippen LogP contribution in [-0.4, -0.2) is 18.1 Å². The highest BCUT2D eigenvalue weighted by Gasteiger charge is 2.00. The second-order valence-electron chi connectivity index (χ2n) is 3.35. The normalized spacial score (nSPS) is 11.1. The second-order valence-corrected chi connectivity index (χ2v) is 3.35. The Bertz CT molecular complexity index is 489. The minimum atomic E-state index is 0.521. The van der Waals surface area contributed by atoms with Crippen molar-refractivity contribution < 1.29 is 4.74 Å². The Morgan fingerprint density at radius 3 is 2.94 bits per heavy atom. The van der Waals surface area contributed by atoms with Crippen LogP contribution in [-0.2, 0) is 0 Å². The number of rotatable bonds is 4. The van der Waals surface area contributed by atoms with Gasteiger partial charge in [0.1, 0.15) is 17.9 Å². The van der Waals surface area contributed by atoms with Crippen LogP contribution in [0.25, 0.3) is 10.9 Å². The van der Waals surface area contributed by atoms with Crippen LogP contribution in [0.1, 0.15) is 0 Å². The van der Waals surface area contributed by atoms with E-state index in [1.807, 2.05) is 42.5 Å². The quantitative estimate of drug-likeness (QED) is 0.793. The van der Waals surface area contributed by atoms with E-state index in [2.05, 4.69) is 4.98 Å². The lowest BCUT2D eigenvalue weighted by Crippen LogP contribution is -1.97. The molecule has 1 heterocycles. The van der Waals surface area contributed by atoms with Crippen molar-refractivity contribution in [2.75, 3.05) is 13.2 Å². The Morgan fingerprint density at radius 2 is 2.06 bits per heavy atom. The maximum atomic E-state index is 5.62. The zero-order valence-corrected chi connectivity index (χ0v) is 8.97. The van der Waals surface area contributed by atoms with Crippen molar-refractivity contribution in [3.05, 3.63) is 48.7 Å². The van der Waals surface area contributed by atoms with Crippen molar-refractivity contribution in [2.24, 2.45) is 5.73 Å². The van der Waals surface area contributed by atoms with E-state index in [4.69, 9.17) is 10.5 Å². The van der Waals surface area contributed by atoms with E-state index in [-0.39, 0.29) is 0 Å². The van der Waals surface area contributed by atoms with Gasteiger partial charge in [-0.1, -0.05) is 30.4 Å². The molecule has 82 valence electrons. The number of pyridine rings is 1. The van der Waals surface area contributed by atoms with Crippen molar-refractivity contribution >= 4 is 10.9 Å². The third-order valence-electron chi connectivity index (χ3n) is 2.23. The highest BCUT2D eigenvalue weighted by atomic mass is 16.5. The molecule has 0 bridgehead atoms. The molecule has 1 aromatic carbocycles. The smallest absolute Gasteiger partial charge is 0.145 e. The number of ether oxygens (including phenoxy) is 1. The summed E-state index contributed by atoms with van der Waals surface area (Å²) in [4.78, 5) is 4.31. The third-order valence-corrected chi connectivity index (χ3v) is 2.23. The van der Waals surface area contributed by atoms with Gasteiger partial charge < -0.3 is 10.5 Å². The fraction of sp³-hybridized carbons (Fsp3) is 0.154. The molecule has 0 saturated heterocycles. The molecule has 0 aliphatic heterocycles. The average molecular weight is 214 g/mol. The molecule has 0 aliphatic rings. The summed E-state index contributed by atoms with van der Waals surface area (Å²) in [5, 5.41) is 1.09. The number of benzene rings is 1. The van der Waals surface area contributed by atoms with Crippen LogP contribution < -0.4 is 10.5 Å². The van der Waals surface area contributed by atoms with E-state index < -0.39 is 0 Å². The van der Waals surface area contributed by atoms with Crippen LogP contribution in [0.15, 0.2) is 48.7 Å². The largest absolute Gasteiger partial charge is 0.487 e. The van der Waals surface area contributed by atoms with E-state index in [1.54, 1.807) is 6.20 Å². The van der Waals surface area contributed by atoms with E-state index in [0.29, 0.717) is 13.2 Å². The van der Waals surface area contributed by atoms with Gasteiger partial charge >= 0.3 is 0 Å². The first kappa shape index (κ1) is 10.6. The van der Waals surface area contributed by atoms with E-state index >= 15 is 0 Å². The second kappa shape index (κ2) is 5.28. The molecule has 0 aliphatic carbocycles. The van der Waals surface area contributed by atoms with Gasteiger partial charge in [-0.2, -0.15) is 0 Å². The van der Waals surface area contributed by atoms with Crippen LogP contribution in [0.3, 0.4) is 0 Å². The van der Waals surface area contributed by atoms with Gasteiger partial charge in [-0.3, -0.25) is 4.98 Å². The molecule has 2 aromatic rings. The molecule has 0 spiro atoms. The third kappa shape index (κ3) is 2.38. The highest BCUT2D eigenvalue weighted by molar-refractivity contribution is 5.84. The monoisotopic (exact) mass is 214 g/mol. The lowest BCUT2D eigenvalue weighted by molar-refractivity contribution is 0.366. The van der Waals surface area contributed by atoms with Gasteiger partial charge in [0, 0.05) is 18.1 Å². The maximum absolute atomic E-state index is 5.62. The van der Waals surface area contributed by atoms with Gasteiger partial charge in [0.15, 0.2) is 0 Å². The summed E-state index contributed by atoms with van der Waals surface area (Å²) in [5.74, 6) is 0.805. The van der Waals surface area contributed by atoms with Crippen LogP contribution in [0.4, 0.5) is 0 Å². The van der Waals surface area contributed by atoms with E-state index in [9.17, 15) is 0 Å². The zero-order chi connectivity index (χ0) is 11.2. The number of hydrogen-bond donors (Lipinski definition) is 1. The molecule has 16 heavy (non-hydrogen) atoms. The fourth-order valence-corrected chi connectivity index (χ4v) is 1.49. The van der Waals surface area contributed by atoms with Crippen molar-refractivity contribution in [3.63, 3.8) is 0 Å². The Balaban J connectivity index is 2.20. The predicted molar refractivity (Wildman–Crippen MR) is 65.4 cm³/mol. The summed E-state index contributed by atoms with van der Waals surface area (Å²) in [7, 11) is 0. The first-order valence-corrected chi connectivity index (χ1v) is 5.23. The first-order chi connectivity index (χ1) is 7.92. The molecule has 2 N–H and O–H groups in total. The number of nitrogens with two attached hydrogens (primary N) is 1. The Kier molecular flexibility index (Phi) is 3.51. The van der Waals surface area contributed by atoms with Gasteiger partial charge in [0.2, 0.25) is 0 Å². The maximum Gasteiger partial charge on any atom is 0.145 e. The van der Waals surface area contributed by atoms with E-state index in [1.165, 1.54) is 0 Å². The highest BCUT2D eigenvalue weighted by Crippen LogP contribution is 2.22. The predicted octanol–water partition coefficient (Wildman–Crippen LogP) is 2.13. The summed E-state index contributed by atoms with van der Waals surface area (Å²) < 4.78 is 5.62. The summed E-state index contributed by atoms with van der Waals surface area (Å²) in [6.45, 7) is 1.06. The number of aromatic nitrogens is 1. The number of hydrogen-bond acceptors (Lipinski definition) is 3. The minimum Gasteiger partial charge on any atom is -0.487 e. The van der Waals surface area contributed by atoms with Gasteiger partial charge in [0.05, 0.1) is 0 Å². The summed E-state index contributed by atoms with van der Waals surface area (Å²) in [6.07, 6.45) is 5.55. The molecular weight excluding hydrogens is 200 g/mol. The van der Waals surface area contributed by atoms with Crippen molar-refractivity contribution in [1.82, 2.24) is 4.98 Å². The molecule has 3 nitrogen and oxygen atoms in total. The van der Waals surface area contributed by atoms with Crippen LogP contribution in [0.5, 0.6) is 5.75 Å². The van der Waals surface area contributed by atoms with Crippen LogP contribution in [0.2, 0.25) is 0 Å². The lowest BCUT2D eigenvalue weighted by Gasteiger charge is -2.05. The van der Waals surface area contributed by atoms with Gasteiger partial charge in [-0.25, -0.2) is 0 Å². The van der Waals surface area contributed by atoms with Crippen molar-refractivity contribution in [3.8, 4) is 5.75 Å². The number of nitrogens with zero attached hydrogens (tertiary/aromatic N) is 1. The molecular formula is C13H14N2O. The molecule has 0 saturated carbocycles. The average Bonchev–Trinajstić information content (AvgIpc) is 2.35. The summed E-state index contributed by atoms with van der Waals surface area (Å²) >= 11 is 0. The molecule has 3 heteroatoms. The standard InChI is InChI=1S/C13H14N2O/c14-8-1-2-10-16-12-7-3-5-11-6-4-9-15-13(11)12/h1-7,9H,8,10,14H2. The van der Waals surface area contributed by atoms with Gasteiger partial charge in [0.25, 0.3) is 0 Å².